The first-order valence-corrected chi connectivity index (χ1v) is 12.3. The molecule has 0 N–H and O–H groups in total. The normalized spacial score (nSPS) is 21.6. The van der Waals surface area contributed by atoms with Crippen LogP contribution in [0.25, 0.3) is 0 Å². The van der Waals surface area contributed by atoms with Crippen molar-refractivity contribution >= 4 is 24.9 Å². The Bertz CT molecular complexity index is 982. The number of rotatable bonds is 8. The van der Waals surface area contributed by atoms with Crippen LogP contribution in [-0.2, 0) is 28.9 Å². The number of ketones is 2. The Balaban J connectivity index is 2.06. The highest BCUT2D eigenvalue weighted by Crippen LogP contribution is 2.32. The van der Waals surface area contributed by atoms with Crippen LogP contribution in [0.3, 0.4) is 0 Å². The van der Waals surface area contributed by atoms with Crippen LogP contribution in [0.4, 0.5) is 0 Å². The maximum Gasteiger partial charge on any atom is 0.181 e. The van der Waals surface area contributed by atoms with Crippen LogP contribution in [0, 0.1) is 23.7 Å². The first-order valence-electron chi connectivity index (χ1n) is 12.3. The number of hydrogen-bond acceptors (Lipinski definition) is 4. The smallest absolute Gasteiger partial charge is 0.181 e. The summed E-state index contributed by atoms with van der Waals surface area (Å²) in [6.07, 6.45) is 2.45. The minimum atomic E-state index is -0.270. The van der Waals surface area contributed by atoms with Gasteiger partial charge in [0.2, 0.25) is 0 Å². The SMILES string of the molecule is [B]c1cccc(Cn2c(CCOCCC)nc3c2C(=O)CC(C(C)C)C(=O)C(C)C(C)C3)c1. The number of ether oxygens (including phenoxy) is 1. The van der Waals surface area contributed by atoms with Crippen molar-refractivity contribution in [3.05, 3.63) is 47.0 Å². The lowest BCUT2D eigenvalue weighted by Crippen LogP contribution is -2.31. The van der Waals surface area contributed by atoms with Crippen LogP contribution in [0.15, 0.2) is 24.3 Å². The third-order valence-corrected chi connectivity index (χ3v) is 6.89. The lowest BCUT2D eigenvalue weighted by atomic mass is 9.78. The number of carbonyl (C=O) groups is 2. The van der Waals surface area contributed by atoms with Crippen molar-refractivity contribution in [1.29, 1.82) is 0 Å². The largest absolute Gasteiger partial charge is 0.381 e. The topological polar surface area (TPSA) is 61.2 Å². The lowest BCUT2D eigenvalue weighted by molar-refractivity contribution is -0.129. The van der Waals surface area contributed by atoms with Gasteiger partial charge in [-0.3, -0.25) is 9.59 Å². The fraction of sp³-hybridized carbons (Fsp3) is 0.593. The molecule has 33 heavy (non-hydrogen) atoms. The van der Waals surface area contributed by atoms with Crippen LogP contribution in [0.5, 0.6) is 0 Å². The first kappa shape index (κ1) is 25.4. The third kappa shape index (κ3) is 6.03. The number of hydrogen-bond donors (Lipinski definition) is 0. The van der Waals surface area contributed by atoms with E-state index in [1.807, 2.05) is 49.6 Å². The van der Waals surface area contributed by atoms with Gasteiger partial charge < -0.3 is 9.30 Å². The summed E-state index contributed by atoms with van der Waals surface area (Å²) in [5.41, 5.74) is 3.18. The molecular formula is C27H37BN2O3. The predicted molar refractivity (Wildman–Crippen MR) is 132 cm³/mol. The Morgan fingerprint density at radius 1 is 1.18 bits per heavy atom. The summed E-state index contributed by atoms with van der Waals surface area (Å²) < 4.78 is 7.79. The molecule has 0 amide bonds. The van der Waals surface area contributed by atoms with E-state index in [2.05, 4.69) is 13.8 Å². The van der Waals surface area contributed by atoms with E-state index in [1.165, 1.54) is 0 Å². The van der Waals surface area contributed by atoms with E-state index in [-0.39, 0.29) is 41.7 Å². The van der Waals surface area contributed by atoms with Gasteiger partial charge in [-0.1, -0.05) is 64.3 Å². The molecule has 0 bridgehead atoms. The van der Waals surface area contributed by atoms with Crippen LogP contribution in [0.2, 0.25) is 0 Å². The molecule has 5 nitrogen and oxygen atoms in total. The monoisotopic (exact) mass is 448 g/mol. The Morgan fingerprint density at radius 3 is 2.61 bits per heavy atom. The second-order valence-electron chi connectivity index (χ2n) is 9.87. The second-order valence-corrected chi connectivity index (χ2v) is 9.87. The van der Waals surface area contributed by atoms with Gasteiger partial charge in [0.1, 0.15) is 25.1 Å². The predicted octanol–water partition coefficient (Wildman–Crippen LogP) is 3.94. The van der Waals surface area contributed by atoms with E-state index in [0.717, 1.165) is 23.5 Å². The molecule has 0 aliphatic heterocycles. The maximum absolute atomic E-state index is 13.7. The van der Waals surface area contributed by atoms with Crippen molar-refractivity contribution in [2.75, 3.05) is 13.2 Å². The average Bonchev–Trinajstić information content (AvgIpc) is 3.10. The van der Waals surface area contributed by atoms with Gasteiger partial charge in [0.25, 0.3) is 0 Å². The van der Waals surface area contributed by atoms with Gasteiger partial charge in [0.15, 0.2) is 5.78 Å². The Kier molecular flexibility index (Phi) is 8.69. The summed E-state index contributed by atoms with van der Waals surface area (Å²) in [6.45, 7) is 12.0. The highest BCUT2D eigenvalue weighted by molar-refractivity contribution is 6.32. The number of aromatic nitrogens is 2. The van der Waals surface area contributed by atoms with Gasteiger partial charge in [-0.25, -0.2) is 4.98 Å². The molecule has 1 heterocycles. The van der Waals surface area contributed by atoms with Crippen molar-refractivity contribution in [3.63, 3.8) is 0 Å². The fourth-order valence-corrected chi connectivity index (χ4v) is 4.71. The molecule has 0 fully saturated rings. The summed E-state index contributed by atoms with van der Waals surface area (Å²) in [7, 11) is 6.02. The van der Waals surface area contributed by atoms with Crippen LogP contribution >= 0.6 is 0 Å². The number of Topliss-reactive ketones (excluding diaryl/α,β-unsaturated/α-hetero) is 2. The molecule has 176 valence electrons. The molecule has 1 aromatic carbocycles. The van der Waals surface area contributed by atoms with Gasteiger partial charge in [-0.15, -0.1) is 0 Å². The summed E-state index contributed by atoms with van der Waals surface area (Å²) in [5, 5.41) is 0. The molecule has 0 saturated carbocycles. The van der Waals surface area contributed by atoms with Crippen LogP contribution in [0.1, 0.15) is 75.0 Å². The zero-order valence-corrected chi connectivity index (χ0v) is 20.8. The molecule has 0 saturated heterocycles. The number of imidazole rings is 1. The van der Waals surface area contributed by atoms with Gasteiger partial charge in [0, 0.05) is 37.8 Å². The van der Waals surface area contributed by atoms with E-state index in [1.54, 1.807) is 0 Å². The summed E-state index contributed by atoms with van der Waals surface area (Å²) >= 11 is 0. The molecule has 1 aromatic heterocycles. The highest BCUT2D eigenvalue weighted by atomic mass is 16.5. The summed E-state index contributed by atoms with van der Waals surface area (Å²) in [5.74, 6) is 0.925. The van der Waals surface area contributed by atoms with E-state index in [9.17, 15) is 9.59 Å². The van der Waals surface area contributed by atoms with Crippen molar-refractivity contribution in [1.82, 2.24) is 9.55 Å². The van der Waals surface area contributed by atoms with Crippen molar-refractivity contribution in [2.24, 2.45) is 23.7 Å². The number of nitrogens with zero attached hydrogens (tertiary/aromatic N) is 2. The highest BCUT2D eigenvalue weighted by Gasteiger charge is 2.36. The Morgan fingerprint density at radius 2 is 1.94 bits per heavy atom. The van der Waals surface area contributed by atoms with Crippen molar-refractivity contribution < 1.29 is 14.3 Å². The zero-order valence-electron chi connectivity index (χ0n) is 20.8. The van der Waals surface area contributed by atoms with E-state index >= 15 is 0 Å². The molecule has 0 spiro atoms. The van der Waals surface area contributed by atoms with E-state index < -0.39 is 0 Å². The van der Waals surface area contributed by atoms with E-state index in [0.29, 0.717) is 43.8 Å². The molecule has 3 unspecified atom stereocenters. The molecule has 2 aromatic rings. The third-order valence-electron chi connectivity index (χ3n) is 6.89. The second kappa shape index (κ2) is 11.3. The van der Waals surface area contributed by atoms with Crippen LogP contribution in [-0.4, -0.2) is 42.2 Å². The fourth-order valence-electron chi connectivity index (χ4n) is 4.71. The minimum Gasteiger partial charge on any atom is -0.381 e. The molecule has 2 radical (unpaired) electrons. The molecular weight excluding hydrogens is 411 g/mol. The Labute approximate surface area is 199 Å². The standard InChI is InChI=1S/C27H37BN2O3/c1-6-11-33-12-10-25-29-23-13-18(4)19(5)27(32)22(17(2)3)15-24(31)26(23)30(25)16-20-8-7-9-21(28)14-20/h7-9,14,17-19,22H,6,10-13,15-16H2,1-5H3. The maximum atomic E-state index is 13.7. The van der Waals surface area contributed by atoms with Crippen molar-refractivity contribution in [2.45, 2.75) is 66.8 Å². The Hall–Kier alpha value is -2.21. The van der Waals surface area contributed by atoms with Gasteiger partial charge in [-0.05, 0) is 30.2 Å². The lowest BCUT2D eigenvalue weighted by Gasteiger charge is -2.24. The molecule has 1 aliphatic carbocycles. The summed E-state index contributed by atoms with van der Waals surface area (Å²) in [4.78, 5) is 31.8. The minimum absolute atomic E-state index is 0.00970. The molecule has 6 heteroatoms. The molecule has 1 aliphatic rings. The summed E-state index contributed by atoms with van der Waals surface area (Å²) in [6, 6.07) is 7.75. The first-order chi connectivity index (χ1) is 15.7. The zero-order chi connectivity index (χ0) is 24.1. The molecule has 3 rings (SSSR count). The van der Waals surface area contributed by atoms with Gasteiger partial charge in [0.05, 0.1) is 12.3 Å². The quantitative estimate of drug-likeness (QED) is 0.454. The number of benzene rings is 1. The van der Waals surface area contributed by atoms with Crippen LogP contribution < -0.4 is 5.46 Å². The van der Waals surface area contributed by atoms with E-state index in [4.69, 9.17) is 17.6 Å². The number of carbonyl (C=O) groups excluding carboxylic acids is 2. The van der Waals surface area contributed by atoms with Gasteiger partial charge >= 0.3 is 0 Å². The average molecular weight is 448 g/mol. The van der Waals surface area contributed by atoms with Crippen molar-refractivity contribution in [3.8, 4) is 0 Å². The number of fused-ring (bicyclic) bond motifs is 1. The molecule has 3 atom stereocenters. The van der Waals surface area contributed by atoms with Gasteiger partial charge in [-0.2, -0.15) is 0 Å².